The van der Waals surface area contributed by atoms with E-state index < -0.39 is 5.41 Å². The minimum atomic E-state index is -0.408. The number of rotatable bonds is 9. The van der Waals surface area contributed by atoms with Gasteiger partial charge in [0.2, 0.25) is 11.8 Å². The highest BCUT2D eigenvalue weighted by Gasteiger charge is 2.42. The van der Waals surface area contributed by atoms with Gasteiger partial charge in [-0.25, -0.2) is 4.39 Å². The van der Waals surface area contributed by atoms with Crippen LogP contribution in [0.25, 0.3) is 0 Å². The Bertz CT molecular complexity index is 728. The summed E-state index contributed by atoms with van der Waals surface area (Å²) >= 11 is 0. The Labute approximate surface area is 178 Å². The number of hydrogen-bond acceptors (Lipinski definition) is 3. The lowest BCUT2D eigenvalue weighted by Gasteiger charge is -2.29. The van der Waals surface area contributed by atoms with Gasteiger partial charge in [0.15, 0.2) is 5.96 Å². The highest BCUT2D eigenvalue weighted by Crippen LogP contribution is 2.39. The van der Waals surface area contributed by atoms with Gasteiger partial charge in [0.05, 0.1) is 18.4 Å². The van der Waals surface area contributed by atoms with Gasteiger partial charge in [0.1, 0.15) is 5.82 Å². The van der Waals surface area contributed by atoms with Gasteiger partial charge in [-0.3, -0.25) is 14.6 Å². The van der Waals surface area contributed by atoms with Gasteiger partial charge in [-0.15, -0.1) is 0 Å². The van der Waals surface area contributed by atoms with Crippen molar-refractivity contribution < 1.29 is 14.0 Å². The van der Waals surface area contributed by atoms with Crippen molar-refractivity contribution in [2.45, 2.75) is 39.0 Å². The van der Waals surface area contributed by atoms with Gasteiger partial charge >= 0.3 is 0 Å². The molecule has 1 fully saturated rings. The summed E-state index contributed by atoms with van der Waals surface area (Å²) in [4.78, 5) is 31.0. The molecule has 0 radical (unpaired) electrons. The summed E-state index contributed by atoms with van der Waals surface area (Å²) in [5, 5.41) is 9.24. The molecule has 2 rings (SSSR count). The molecule has 0 spiro atoms. The van der Waals surface area contributed by atoms with E-state index in [1.165, 1.54) is 12.1 Å². The maximum atomic E-state index is 12.9. The van der Waals surface area contributed by atoms with E-state index in [0.717, 1.165) is 31.2 Å². The van der Waals surface area contributed by atoms with Gasteiger partial charge in [-0.1, -0.05) is 25.0 Å². The zero-order valence-electron chi connectivity index (χ0n) is 18.3. The normalized spacial score (nSPS) is 15.5. The summed E-state index contributed by atoms with van der Waals surface area (Å²) < 4.78 is 12.9. The molecule has 2 amide bonds. The highest BCUT2D eigenvalue weighted by molar-refractivity contribution is 5.84. The molecule has 1 aromatic rings. The average Bonchev–Trinajstić information content (AvgIpc) is 3.20. The second-order valence-corrected chi connectivity index (χ2v) is 7.96. The standard InChI is InChI=1S/C22H34FN5O2/c1-4-24-21(27-16-22(11-5-6-12-22)20(30)28(2)3)26-14-13-25-19(29)15-17-7-9-18(23)10-8-17/h7-10H,4-6,11-16H2,1-3H3,(H,25,29)(H2,24,26,27). The van der Waals surface area contributed by atoms with Crippen LogP contribution in [0.2, 0.25) is 0 Å². The van der Waals surface area contributed by atoms with Crippen molar-refractivity contribution in [1.82, 2.24) is 20.9 Å². The number of carbonyl (C=O) groups is 2. The number of halogens is 1. The quantitative estimate of drug-likeness (QED) is 0.323. The highest BCUT2D eigenvalue weighted by atomic mass is 19.1. The first-order valence-corrected chi connectivity index (χ1v) is 10.6. The molecule has 0 saturated heterocycles. The molecule has 1 saturated carbocycles. The minimum absolute atomic E-state index is 0.119. The smallest absolute Gasteiger partial charge is 0.230 e. The Morgan fingerprint density at radius 2 is 1.70 bits per heavy atom. The third-order valence-corrected chi connectivity index (χ3v) is 5.32. The number of amides is 2. The molecule has 3 N–H and O–H groups in total. The van der Waals surface area contributed by atoms with E-state index in [0.29, 0.717) is 32.1 Å². The summed E-state index contributed by atoms with van der Waals surface area (Å²) in [6.45, 7) is 4.09. The molecule has 0 aromatic heterocycles. The molecule has 0 bridgehead atoms. The lowest BCUT2D eigenvalue weighted by Crippen LogP contribution is -2.44. The molecule has 0 atom stereocenters. The Balaban J connectivity index is 1.82. The first-order chi connectivity index (χ1) is 14.4. The second kappa shape index (κ2) is 11.5. The van der Waals surface area contributed by atoms with Crippen LogP contribution in [-0.4, -0.2) is 62.9 Å². The molecule has 1 aliphatic carbocycles. The molecule has 1 aliphatic rings. The maximum Gasteiger partial charge on any atom is 0.230 e. The van der Waals surface area contributed by atoms with Gasteiger partial charge < -0.3 is 20.9 Å². The topological polar surface area (TPSA) is 85.8 Å². The third kappa shape index (κ3) is 7.00. The summed E-state index contributed by atoms with van der Waals surface area (Å²) in [6, 6.07) is 5.91. The molecule has 0 heterocycles. The predicted octanol–water partition coefficient (Wildman–Crippen LogP) is 1.69. The summed E-state index contributed by atoms with van der Waals surface area (Å²) in [5.41, 5.74) is 0.360. The minimum Gasteiger partial charge on any atom is -0.357 e. The number of aliphatic imine (C=N–C) groups is 1. The van der Waals surface area contributed by atoms with Gasteiger partial charge in [-0.05, 0) is 37.5 Å². The van der Waals surface area contributed by atoms with Crippen molar-refractivity contribution in [1.29, 1.82) is 0 Å². The Morgan fingerprint density at radius 3 is 2.30 bits per heavy atom. The number of guanidine groups is 1. The molecule has 8 heteroatoms. The largest absolute Gasteiger partial charge is 0.357 e. The Hall–Kier alpha value is -2.64. The number of nitrogens with zero attached hydrogens (tertiary/aromatic N) is 2. The number of hydrogen-bond donors (Lipinski definition) is 3. The Morgan fingerprint density at radius 1 is 1.07 bits per heavy atom. The lowest BCUT2D eigenvalue weighted by molar-refractivity contribution is -0.138. The van der Waals surface area contributed by atoms with E-state index in [2.05, 4.69) is 20.9 Å². The fourth-order valence-electron chi connectivity index (χ4n) is 3.77. The van der Waals surface area contributed by atoms with E-state index in [1.54, 1.807) is 31.1 Å². The number of benzene rings is 1. The molecule has 0 aliphatic heterocycles. The van der Waals surface area contributed by atoms with Crippen LogP contribution in [0, 0.1) is 11.2 Å². The van der Waals surface area contributed by atoms with Crippen molar-refractivity contribution in [3.05, 3.63) is 35.6 Å². The van der Waals surface area contributed by atoms with Crippen molar-refractivity contribution in [3.63, 3.8) is 0 Å². The molecule has 1 aromatic carbocycles. The number of carbonyl (C=O) groups excluding carboxylic acids is 2. The monoisotopic (exact) mass is 419 g/mol. The lowest BCUT2D eigenvalue weighted by atomic mass is 9.85. The predicted molar refractivity (Wildman–Crippen MR) is 117 cm³/mol. The number of nitrogens with one attached hydrogen (secondary N) is 3. The van der Waals surface area contributed by atoms with Crippen LogP contribution in [0.3, 0.4) is 0 Å². The van der Waals surface area contributed by atoms with E-state index in [1.807, 2.05) is 6.92 Å². The van der Waals surface area contributed by atoms with Gasteiger partial charge in [0.25, 0.3) is 0 Å². The SMILES string of the molecule is CCNC(=NCC1(C(=O)N(C)C)CCCC1)NCCNC(=O)Cc1ccc(F)cc1. The summed E-state index contributed by atoms with van der Waals surface area (Å²) in [6.07, 6.45) is 4.06. The molecule has 166 valence electrons. The molecule has 30 heavy (non-hydrogen) atoms. The van der Waals surface area contributed by atoms with Gasteiger partial charge in [0, 0.05) is 33.7 Å². The van der Waals surface area contributed by atoms with Crippen LogP contribution in [0.15, 0.2) is 29.3 Å². The van der Waals surface area contributed by atoms with E-state index in [9.17, 15) is 14.0 Å². The van der Waals surface area contributed by atoms with Gasteiger partial charge in [-0.2, -0.15) is 0 Å². The first kappa shape index (κ1) is 23.6. The third-order valence-electron chi connectivity index (χ3n) is 5.32. The van der Waals surface area contributed by atoms with E-state index in [-0.39, 0.29) is 24.1 Å². The van der Waals surface area contributed by atoms with Crippen LogP contribution in [0.5, 0.6) is 0 Å². The van der Waals surface area contributed by atoms with Crippen molar-refractivity contribution >= 4 is 17.8 Å². The summed E-state index contributed by atoms with van der Waals surface area (Å²) in [5.74, 6) is 0.355. The van der Waals surface area contributed by atoms with Crippen LogP contribution in [-0.2, 0) is 16.0 Å². The fourth-order valence-corrected chi connectivity index (χ4v) is 3.77. The van der Waals surface area contributed by atoms with Crippen LogP contribution < -0.4 is 16.0 Å². The second-order valence-electron chi connectivity index (χ2n) is 7.96. The molecular weight excluding hydrogens is 385 g/mol. The first-order valence-electron chi connectivity index (χ1n) is 10.6. The van der Waals surface area contributed by atoms with E-state index in [4.69, 9.17) is 0 Å². The Kier molecular flexibility index (Phi) is 9.08. The zero-order valence-corrected chi connectivity index (χ0v) is 18.3. The van der Waals surface area contributed by atoms with Crippen LogP contribution in [0.1, 0.15) is 38.2 Å². The molecular formula is C22H34FN5O2. The molecule has 7 nitrogen and oxygen atoms in total. The van der Waals surface area contributed by atoms with Crippen LogP contribution >= 0.6 is 0 Å². The molecule has 0 unspecified atom stereocenters. The van der Waals surface area contributed by atoms with E-state index >= 15 is 0 Å². The van der Waals surface area contributed by atoms with Crippen molar-refractivity contribution in [2.75, 3.05) is 40.3 Å². The maximum absolute atomic E-state index is 12.9. The van der Waals surface area contributed by atoms with Crippen LogP contribution in [0.4, 0.5) is 4.39 Å². The fraction of sp³-hybridized carbons (Fsp3) is 0.591. The zero-order chi connectivity index (χ0) is 22.0. The van der Waals surface area contributed by atoms with Crippen molar-refractivity contribution in [3.8, 4) is 0 Å². The van der Waals surface area contributed by atoms with Crippen molar-refractivity contribution in [2.24, 2.45) is 10.4 Å². The summed E-state index contributed by atoms with van der Waals surface area (Å²) in [7, 11) is 3.59. The average molecular weight is 420 g/mol.